The SMILES string of the molecule is CC[C@@H](C)C(=O)O[C@H]1C2=C(C)C(=O)O[C@@H]2C[C@]2(O)CC[C@@H](OC(C)=O)[C@@H](C)[C@]12C. The third-order valence-electron chi connectivity index (χ3n) is 7.60. The minimum Gasteiger partial charge on any atom is -0.462 e. The molecule has 1 N–H and O–H groups in total. The Morgan fingerprint density at radius 2 is 2.00 bits per heavy atom. The van der Waals surface area contributed by atoms with E-state index in [2.05, 4.69) is 0 Å². The van der Waals surface area contributed by atoms with E-state index < -0.39 is 35.3 Å². The molecule has 0 aromatic rings. The molecule has 0 aromatic heterocycles. The van der Waals surface area contributed by atoms with Gasteiger partial charge in [0.25, 0.3) is 0 Å². The zero-order valence-corrected chi connectivity index (χ0v) is 18.1. The summed E-state index contributed by atoms with van der Waals surface area (Å²) in [6, 6.07) is 0. The number of carbonyl (C=O) groups is 3. The molecular formula is C22H32O7. The second-order valence-electron chi connectivity index (χ2n) is 9.09. The van der Waals surface area contributed by atoms with Crippen molar-refractivity contribution < 1.29 is 33.7 Å². The van der Waals surface area contributed by atoms with Gasteiger partial charge in [0.2, 0.25) is 0 Å². The molecule has 3 rings (SSSR count). The Kier molecular flexibility index (Phi) is 5.58. The van der Waals surface area contributed by atoms with Crippen LogP contribution in [0, 0.1) is 17.3 Å². The van der Waals surface area contributed by atoms with E-state index in [1.54, 1.807) is 13.8 Å². The van der Waals surface area contributed by atoms with Gasteiger partial charge in [-0.2, -0.15) is 0 Å². The predicted molar refractivity (Wildman–Crippen MR) is 104 cm³/mol. The summed E-state index contributed by atoms with van der Waals surface area (Å²) in [5.74, 6) is -1.80. The molecule has 0 aromatic carbocycles. The zero-order chi connectivity index (χ0) is 21.7. The van der Waals surface area contributed by atoms with Crippen LogP contribution in [0.3, 0.4) is 0 Å². The first-order valence-electron chi connectivity index (χ1n) is 10.5. The van der Waals surface area contributed by atoms with Crippen molar-refractivity contribution >= 4 is 17.9 Å². The molecule has 0 amide bonds. The van der Waals surface area contributed by atoms with Gasteiger partial charge in [-0.15, -0.1) is 0 Å². The van der Waals surface area contributed by atoms with Crippen molar-refractivity contribution in [2.75, 3.05) is 0 Å². The molecule has 7 nitrogen and oxygen atoms in total. The maximum atomic E-state index is 12.8. The highest BCUT2D eigenvalue weighted by Gasteiger charge is 2.67. The summed E-state index contributed by atoms with van der Waals surface area (Å²) >= 11 is 0. The normalized spacial score (nSPS) is 39.9. The Balaban J connectivity index is 2.10. The van der Waals surface area contributed by atoms with Gasteiger partial charge in [0.15, 0.2) is 0 Å². The Hall–Kier alpha value is -1.89. The van der Waals surface area contributed by atoms with E-state index in [1.807, 2.05) is 20.8 Å². The first-order chi connectivity index (χ1) is 13.5. The van der Waals surface area contributed by atoms with Crippen LogP contribution in [0.4, 0.5) is 0 Å². The first kappa shape index (κ1) is 21.8. The summed E-state index contributed by atoms with van der Waals surface area (Å²) in [4.78, 5) is 36.7. The van der Waals surface area contributed by atoms with Crippen LogP contribution in [0.5, 0.6) is 0 Å². The minimum absolute atomic E-state index is 0.246. The highest BCUT2D eigenvalue weighted by atomic mass is 16.6. The second-order valence-corrected chi connectivity index (χ2v) is 9.09. The second kappa shape index (κ2) is 7.42. The topological polar surface area (TPSA) is 99.1 Å². The number of rotatable bonds is 4. The van der Waals surface area contributed by atoms with E-state index in [4.69, 9.17) is 14.2 Å². The van der Waals surface area contributed by atoms with Crippen molar-refractivity contribution in [2.45, 2.75) is 91.1 Å². The number of hydrogen-bond acceptors (Lipinski definition) is 7. The quantitative estimate of drug-likeness (QED) is 0.564. The van der Waals surface area contributed by atoms with Crippen molar-refractivity contribution in [3.05, 3.63) is 11.1 Å². The molecule has 2 saturated carbocycles. The standard InChI is InChI=1S/C22H32O7/c1-7-11(2)19(24)29-18-17-12(3)20(25)28-16(17)10-22(26)9-8-15(27-14(5)23)13(4)21(18,22)6/h11,13,15-16,18,26H,7-10H2,1-6H3/t11-,13-,15-,16-,18+,21-,22-/m1/s1. The van der Waals surface area contributed by atoms with E-state index in [0.29, 0.717) is 30.4 Å². The molecule has 0 spiro atoms. The molecule has 2 fully saturated rings. The summed E-state index contributed by atoms with van der Waals surface area (Å²) in [6.07, 6.45) is -0.106. The predicted octanol–water partition coefficient (Wildman–Crippen LogP) is 2.69. The fourth-order valence-electron chi connectivity index (χ4n) is 5.26. The fraction of sp³-hybridized carbons (Fsp3) is 0.773. The number of ether oxygens (including phenoxy) is 3. The van der Waals surface area contributed by atoms with Crippen molar-refractivity contribution in [1.29, 1.82) is 0 Å². The Labute approximate surface area is 171 Å². The first-order valence-corrected chi connectivity index (χ1v) is 10.5. The van der Waals surface area contributed by atoms with Gasteiger partial charge in [-0.25, -0.2) is 4.79 Å². The summed E-state index contributed by atoms with van der Waals surface area (Å²) in [7, 11) is 0. The van der Waals surface area contributed by atoms with Gasteiger partial charge in [-0.3, -0.25) is 9.59 Å². The molecule has 7 atom stereocenters. The van der Waals surface area contributed by atoms with Gasteiger partial charge in [0.1, 0.15) is 18.3 Å². The van der Waals surface area contributed by atoms with Crippen LogP contribution in [0.15, 0.2) is 11.1 Å². The maximum absolute atomic E-state index is 12.8. The Bertz CT molecular complexity index is 756. The summed E-state index contributed by atoms with van der Waals surface area (Å²) in [5, 5.41) is 11.7. The minimum atomic E-state index is -1.22. The third kappa shape index (κ3) is 3.27. The highest BCUT2D eigenvalue weighted by molar-refractivity contribution is 5.92. The van der Waals surface area contributed by atoms with Crippen molar-refractivity contribution in [3.63, 3.8) is 0 Å². The molecule has 0 bridgehead atoms. The molecule has 1 aliphatic heterocycles. The Morgan fingerprint density at radius 3 is 2.59 bits per heavy atom. The van der Waals surface area contributed by atoms with Gasteiger partial charge >= 0.3 is 17.9 Å². The van der Waals surface area contributed by atoms with Crippen LogP contribution in [-0.2, 0) is 28.6 Å². The van der Waals surface area contributed by atoms with Gasteiger partial charge in [-0.1, -0.05) is 27.7 Å². The average Bonchev–Trinajstić information content (AvgIpc) is 2.92. The number of hydrogen-bond donors (Lipinski definition) is 1. The lowest BCUT2D eigenvalue weighted by atomic mass is 9.49. The summed E-state index contributed by atoms with van der Waals surface area (Å²) < 4.78 is 17.1. The van der Waals surface area contributed by atoms with Crippen LogP contribution in [0.1, 0.15) is 67.2 Å². The van der Waals surface area contributed by atoms with E-state index in [9.17, 15) is 19.5 Å². The van der Waals surface area contributed by atoms with Crippen LogP contribution in [-0.4, -0.2) is 46.9 Å². The largest absolute Gasteiger partial charge is 0.462 e. The number of esters is 3. The molecule has 0 unspecified atom stereocenters. The van der Waals surface area contributed by atoms with Crippen LogP contribution >= 0.6 is 0 Å². The molecule has 2 aliphatic carbocycles. The zero-order valence-electron chi connectivity index (χ0n) is 18.1. The molecular weight excluding hydrogens is 376 g/mol. The molecule has 0 saturated heterocycles. The summed E-state index contributed by atoms with van der Waals surface area (Å²) in [5.41, 5.74) is -1.09. The molecule has 3 aliphatic rings. The molecule has 29 heavy (non-hydrogen) atoms. The molecule has 7 heteroatoms. The van der Waals surface area contributed by atoms with Crippen molar-refractivity contribution in [1.82, 2.24) is 0 Å². The van der Waals surface area contributed by atoms with Gasteiger partial charge in [-0.05, 0) is 26.2 Å². The lowest BCUT2D eigenvalue weighted by Crippen LogP contribution is -2.68. The monoisotopic (exact) mass is 408 g/mol. The van der Waals surface area contributed by atoms with E-state index in [0.717, 1.165) is 0 Å². The fourth-order valence-corrected chi connectivity index (χ4v) is 5.26. The highest BCUT2D eigenvalue weighted by Crippen LogP contribution is 2.60. The molecule has 1 heterocycles. The average molecular weight is 408 g/mol. The summed E-state index contributed by atoms with van der Waals surface area (Å²) in [6.45, 7) is 10.5. The van der Waals surface area contributed by atoms with E-state index in [-0.39, 0.29) is 30.2 Å². The lowest BCUT2D eigenvalue weighted by Gasteiger charge is -2.60. The Morgan fingerprint density at radius 1 is 1.34 bits per heavy atom. The molecule has 0 radical (unpaired) electrons. The van der Waals surface area contributed by atoms with E-state index in [1.165, 1.54) is 6.92 Å². The number of aliphatic hydroxyl groups is 1. The molecule has 162 valence electrons. The van der Waals surface area contributed by atoms with Gasteiger partial charge < -0.3 is 19.3 Å². The van der Waals surface area contributed by atoms with Crippen LogP contribution in [0.25, 0.3) is 0 Å². The lowest BCUT2D eigenvalue weighted by molar-refractivity contribution is -0.241. The number of fused-ring (bicyclic) bond motifs is 2. The van der Waals surface area contributed by atoms with Crippen LogP contribution in [0.2, 0.25) is 0 Å². The smallest absolute Gasteiger partial charge is 0.334 e. The number of carbonyl (C=O) groups excluding carboxylic acids is 3. The van der Waals surface area contributed by atoms with E-state index >= 15 is 0 Å². The van der Waals surface area contributed by atoms with Gasteiger partial charge in [0.05, 0.1) is 11.5 Å². The van der Waals surface area contributed by atoms with Crippen molar-refractivity contribution in [3.8, 4) is 0 Å². The maximum Gasteiger partial charge on any atom is 0.334 e. The van der Waals surface area contributed by atoms with Crippen molar-refractivity contribution in [2.24, 2.45) is 17.3 Å². The van der Waals surface area contributed by atoms with Gasteiger partial charge in [0, 0.05) is 35.8 Å². The van der Waals surface area contributed by atoms with Crippen LogP contribution < -0.4 is 0 Å². The third-order valence-corrected chi connectivity index (χ3v) is 7.60.